The minimum absolute atomic E-state index is 0.514. The Hall–Kier alpha value is -0.153. The fourth-order valence-electron chi connectivity index (χ4n) is 3.96. The van der Waals surface area contributed by atoms with Gasteiger partial charge in [0.25, 0.3) is 0 Å². The van der Waals surface area contributed by atoms with Gasteiger partial charge in [-0.05, 0) is 38.3 Å². The van der Waals surface area contributed by atoms with Crippen molar-refractivity contribution in [2.75, 3.05) is 13.6 Å². The summed E-state index contributed by atoms with van der Waals surface area (Å²) in [5.41, 5.74) is 0.718. The predicted molar refractivity (Wildman–Crippen MR) is 70.2 cm³/mol. The summed E-state index contributed by atoms with van der Waals surface area (Å²) in [4.78, 5) is 14.2. The normalized spacial score (nSPS) is 37.2. The predicted octanol–water partition coefficient (Wildman–Crippen LogP) is 2.55. The van der Waals surface area contributed by atoms with E-state index in [0.29, 0.717) is 11.7 Å². The summed E-state index contributed by atoms with van der Waals surface area (Å²) in [6, 6.07) is 0. The molecule has 16 heavy (non-hydrogen) atoms. The lowest BCUT2D eigenvalue weighted by atomic mass is 9.74. The molecule has 0 spiro atoms. The van der Waals surface area contributed by atoms with Crippen LogP contribution in [0.1, 0.15) is 25.7 Å². The number of hydrogen-bond acceptors (Lipinski definition) is 2. The smallest absolute Gasteiger partial charge is 0.133 e. The van der Waals surface area contributed by atoms with Crippen LogP contribution in [0.2, 0.25) is 19.6 Å². The van der Waals surface area contributed by atoms with Gasteiger partial charge in [-0.15, -0.1) is 0 Å². The van der Waals surface area contributed by atoms with Crippen LogP contribution in [0, 0.1) is 11.8 Å². The van der Waals surface area contributed by atoms with Gasteiger partial charge < -0.3 is 4.90 Å². The van der Waals surface area contributed by atoms with Crippen molar-refractivity contribution >= 4 is 13.9 Å². The summed E-state index contributed by atoms with van der Waals surface area (Å²) >= 11 is 0. The largest absolute Gasteiger partial charge is 0.306 e. The highest BCUT2D eigenvalue weighted by atomic mass is 28.3. The highest BCUT2D eigenvalue weighted by molar-refractivity contribution is 6.77. The maximum absolute atomic E-state index is 11.7. The topological polar surface area (TPSA) is 20.3 Å². The molecule has 92 valence electrons. The summed E-state index contributed by atoms with van der Waals surface area (Å²) in [5, 5.41) is 0. The van der Waals surface area contributed by atoms with Crippen LogP contribution in [-0.4, -0.2) is 38.0 Å². The Kier molecular flexibility index (Phi) is 3.28. The number of hydrogen-bond donors (Lipinski definition) is 0. The van der Waals surface area contributed by atoms with Crippen LogP contribution >= 0.6 is 0 Å². The minimum atomic E-state index is -1.18. The van der Waals surface area contributed by atoms with Crippen LogP contribution in [0.3, 0.4) is 0 Å². The standard InChI is InChI=1S/C13H25NOSi/c1-14-8-7-10-5-6-11(15)9-12(10)13(14)16(2,3)4/h10,12-13H,5-9H2,1-4H3. The number of carbonyl (C=O) groups excluding carboxylic acids is 1. The maximum atomic E-state index is 11.7. The molecule has 2 nitrogen and oxygen atoms in total. The zero-order valence-corrected chi connectivity index (χ0v) is 12.1. The van der Waals surface area contributed by atoms with Crippen molar-refractivity contribution in [2.24, 2.45) is 11.8 Å². The van der Waals surface area contributed by atoms with Crippen molar-refractivity contribution in [1.82, 2.24) is 4.90 Å². The number of piperidine rings is 1. The molecule has 1 heterocycles. The molecule has 0 aromatic heterocycles. The van der Waals surface area contributed by atoms with Crippen molar-refractivity contribution in [3.63, 3.8) is 0 Å². The molecule has 0 bridgehead atoms. The molecule has 0 N–H and O–H groups in total. The minimum Gasteiger partial charge on any atom is -0.306 e. The molecule has 0 aromatic rings. The van der Waals surface area contributed by atoms with E-state index >= 15 is 0 Å². The molecule has 1 saturated carbocycles. The Morgan fingerprint density at radius 3 is 2.56 bits per heavy atom. The Morgan fingerprint density at radius 1 is 1.25 bits per heavy atom. The maximum Gasteiger partial charge on any atom is 0.133 e. The fraction of sp³-hybridized carbons (Fsp3) is 0.923. The molecule has 3 atom stereocenters. The van der Waals surface area contributed by atoms with Crippen molar-refractivity contribution in [2.45, 2.75) is 51.0 Å². The molecule has 1 aliphatic carbocycles. The van der Waals surface area contributed by atoms with E-state index < -0.39 is 8.07 Å². The van der Waals surface area contributed by atoms with Crippen molar-refractivity contribution < 1.29 is 4.79 Å². The van der Waals surface area contributed by atoms with Gasteiger partial charge in [-0.1, -0.05) is 19.6 Å². The zero-order valence-electron chi connectivity index (χ0n) is 11.1. The number of Topliss-reactive ketones (excluding diaryl/α,β-unsaturated/α-hetero) is 1. The van der Waals surface area contributed by atoms with E-state index in [0.717, 1.165) is 24.4 Å². The number of fused-ring (bicyclic) bond motifs is 1. The number of carbonyl (C=O) groups is 1. The first-order chi connectivity index (χ1) is 7.39. The lowest BCUT2D eigenvalue weighted by Crippen LogP contribution is -2.60. The number of likely N-dealkylation sites (tertiary alicyclic amines) is 1. The first-order valence-corrected chi connectivity index (χ1v) is 10.2. The van der Waals surface area contributed by atoms with Gasteiger partial charge >= 0.3 is 0 Å². The molecule has 2 rings (SSSR count). The second kappa shape index (κ2) is 4.26. The lowest BCUT2D eigenvalue weighted by Gasteiger charge is -2.50. The van der Waals surface area contributed by atoms with Crippen LogP contribution in [-0.2, 0) is 4.79 Å². The molecule has 0 amide bonds. The van der Waals surface area contributed by atoms with Crippen LogP contribution < -0.4 is 0 Å². The third kappa shape index (κ3) is 2.25. The van der Waals surface area contributed by atoms with E-state index in [1.54, 1.807) is 0 Å². The summed E-state index contributed by atoms with van der Waals surface area (Å²) in [7, 11) is 1.08. The Morgan fingerprint density at radius 2 is 1.94 bits per heavy atom. The highest BCUT2D eigenvalue weighted by Gasteiger charge is 2.45. The van der Waals surface area contributed by atoms with Gasteiger partial charge in [0.2, 0.25) is 0 Å². The molecule has 3 unspecified atom stereocenters. The highest BCUT2D eigenvalue weighted by Crippen LogP contribution is 2.41. The quantitative estimate of drug-likeness (QED) is 0.656. The Labute approximate surface area is 100 Å². The van der Waals surface area contributed by atoms with Crippen LogP contribution in [0.4, 0.5) is 0 Å². The first-order valence-electron chi connectivity index (χ1n) is 6.61. The third-order valence-corrected chi connectivity index (χ3v) is 7.13. The zero-order chi connectivity index (χ0) is 11.9. The van der Waals surface area contributed by atoms with Crippen LogP contribution in [0.15, 0.2) is 0 Å². The fourth-order valence-corrected chi connectivity index (χ4v) is 7.08. The molecular weight excluding hydrogens is 214 g/mol. The van der Waals surface area contributed by atoms with E-state index in [1.165, 1.54) is 19.4 Å². The number of ketones is 1. The molecular formula is C13H25NOSi. The first kappa shape index (κ1) is 12.3. The molecule has 1 aliphatic heterocycles. The van der Waals surface area contributed by atoms with Gasteiger partial charge in [0.15, 0.2) is 0 Å². The van der Waals surface area contributed by atoms with Crippen molar-refractivity contribution in [3.05, 3.63) is 0 Å². The number of rotatable bonds is 1. The lowest BCUT2D eigenvalue weighted by molar-refractivity contribution is -0.124. The van der Waals surface area contributed by atoms with E-state index in [4.69, 9.17) is 0 Å². The van der Waals surface area contributed by atoms with Crippen molar-refractivity contribution in [1.29, 1.82) is 0 Å². The second-order valence-electron chi connectivity index (χ2n) is 6.79. The van der Waals surface area contributed by atoms with Crippen molar-refractivity contribution in [3.8, 4) is 0 Å². The van der Waals surface area contributed by atoms with Gasteiger partial charge in [0.05, 0.1) is 8.07 Å². The average Bonchev–Trinajstić information content (AvgIpc) is 2.14. The van der Waals surface area contributed by atoms with E-state index in [1.807, 2.05) is 0 Å². The summed E-state index contributed by atoms with van der Waals surface area (Å²) in [6.45, 7) is 8.60. The van der Waals surface area contributed by atoms with Gasteiger partial charge in [0, 0.05) is 18.5 Å². The van der Waals surface area contributed by atoms with E-state index in [-0.39, 0.29) is 0 Å². The molecule has 2 fully saturated rings. The molecule has 2 aliphatic rings. The van der Waals surface area contributed by atoms with Gasteiger partial charge in [0.1, 0.15) is 5.78 Å². The van der Waals surface area contributed by atoms with E-state index in [9.17, 15) is 4.79 Å². The number of nitrogens with zero attached hydrogens (tertiary/aromatic N) is 1. The Bertz CT molecular complexity index is 284. The van der Waals surface area contributed by atoms with Gasteiger partial charge in [-0.2, -0.15) is 0 Å². The third-order valence-electron chi connectivity index (χ3n) is 4.48. The van der Waals surface area contributed by atoms with Gasteiger partial charge in [-0.3, -0.25) is 4.79 Å². The molecule has 1 saturated heterocycles. The summed E-state index contributed by atoms with van der Waals surface area (Å²) < 4.78 is 0. The van der Waals surface area contributed by atoms with Crippen LogP contribution in [0.5, 0.6) is 0 Å². The van der Waals surface area contributed by atoms with E-state index in [2.05, 4.69) is 31.6 Å². The summed E-state index contributed by atoms with van der Waals surface area (Å²) in [6.07, 6.45) is 4.20. The second-order valence-corrected chi connectivity index (χ2v) is 12.1. The van der Waals surface area contributed by atoms with Gasteiger partial charge in [-0.25, -0.2) is 0 Å². The van der Waals surface area contributed by atoms with Crippen LogP contribution in [0.25, 0.3) is 0 Å². The Balaban J connectivity index is 2.21. The molecule has 0 aromatic carbocycles. The monoisotopic (exact) mass is 239 g/mol. The summed E-state index contributed by atoms with van der Waals surface area (Å²) in [5.74, 6) is 2.03. The molecule has 0 radical (unpaired) electrons. The molecule has 3 heteroatoms. The average molecular weight is 239 g/mol. The SMILES string of the molecule is CN1CCC2CCC(=O)CC2C1[Si](C)(C)C.